The standard InChI is InChI=1S/C26H22Br2FN3O2/c1-26(2,3)25-31-22-10-8-19(28)13-20(22)24(33)32(25)30-14-17-12-18(27)9-11-23(17)34-15-16-6-4-5-7-21(16)29/h4-14H,15H2,1-3H3. The summed E-state index contributed by atoms with van der Waals surface area (Å²) in [5.74, 6) is 0.717. The Hall–Kier alpha value is -2.84. The van der Waals surface area contributed by atoms with E-state index >= 15 is 0 Å². The van der Waals surface area contributed by atoms with Crippen LogP contribution in [0.1, 0.15) is 37.7 Å². The molecule has 0 fully saturated rings. The van der Waals surface area contributed by atoms with Gasteiger partial charge in [-0.25, -0.2) is 9.37 Å². The van der Waals surface area contributed by atoms with E-state index in [1.807, 2.05) is 45.0 Å². The normalized spacial score (nSPS) is 11.9. The first-order valence-electron chi connectivity index (χ1n) is 10.6. The fourth-order valence-corrected chi connectivity index (χ4v) is 4.12. The van der Waals surface area contributed by atoms with Crippen molar-refractivity contribution in [1.82, 2.24) is 9.66 Å². The molecule has 0 spiro atoms. The Labute approximate surface area is 213 Å². The monoisotopic (exact) mass is 585 g/mol. The van der Waals surface area contributed by atoms with Crippen molar-refractivity contribution in [2.45, 2.75) is 32.8 Å². The molecule has 174 valence electrons. The first kappa shape index (κ1) is 24.3. The third kappa shape index (κ3) is 5.28. The molecule has 0 radical (unpaired) electrons. The van der Waals surface area contributed by atoms with E-state index in [-0.39, 0.29) is 18.0 Å². The summed E-state index contributed by atoms with van der Waals surface area (Å²) in [7, 11) is 0. The predicted octanol–water partition coefficient (Wildman–Crippen LogP) is 6.82. The van der Waals surface area contributed by atoms with Gasteiger partial charge in [0.2, 0.25) is 0 Å². The van der Waals surface area contributed by atoms with Crippen molar-refractivity contribution in [3.63, 3.8) is 0 Å². The van der Waals surface area contributed by atoms with Crippen LogP contribution in [0.4, 0.5) is 4.39 Å². The van der Waals surface area contributed by atoms with E-state index in [2.05, 4.69) is 37.0 Å². The summed E-state index contributed by atoms with van der Waals surface area (Å²) in [5, 5.41) is 4.99. The van der Waals surface area contributed by atoms with Gasteiger partial charge in [0.1, 0.15) is 24.0 Å². The zero-order valence-electron chi connectivity index (χ0n) is 18.8. The molecule has 1 heterocycles. The Morgan fingerprint density at radius 2 is 1.76 bits per heavy atom. The molecular formula is C26H22Br2FN3O2. The summed E-state index contributed by atoms with van der Waals surface area (Å²) in [6, 6.07) is 17.3. The van der Waals surface area contributed by atoms with Gasteiger partial charge in [-0.3, -0.25) is 4.79 Å². The molecule has 0 amide bonds. The van der Waals surface area contributed by atoms with Crippen LogP contribution >= 0.6 is 31.9 Å². The van der Waals surface area contributed by atoms with Crippen LogP contribution in [0, 0.1) is 5.82 Å². The minimum atomic E-state index is -0.431. The molecule has 0 aliphatic heterocycles. The van der Waals surface area contributed by atoms with E-state index in [0.717, 1.165) is 8.95 Å². The summed E-state index contributed by atoms with van der Waals surface area (Å²) in [5.41, 5.74) is 0.993. The second-order valence-electron chi connectivity index (χ2n) is 8.77. The highest BCUT2D eigenvalue weighted by atomic mass is 79.9. The third-order valence-corrected chi connectivity index (χ3v) is 6.09. The number of benzene rings is 3. The Balaban J connectivity index is 1.77. The average molecular weight is 587 g/mol. The van der Waals surface area contributed by atoms with Crippen LogP contribution < -0.4 is 10.3 Å². The van der Waals surface area contributed by atoms with Gasteiger partial charge in [-0.15, -0.1) is 0 Å². The topological polar surface area (TPSA) is 56.5 Å². The molecule has 0 aliphatic carbocycles. The minimum Gasteiger partial charge on any atom is -0.488 e. The molecule has 0 atom stereocenters. The average Bonchev–Trinajstić information content (AvgIpc) is 2.78. The summed E-state index contributed by atoms with van der Waals surface area (Å²) < 4.78 is 22.9. The lowest BCUT2D eigenvalue weighted by Crippen LogP contribution is -2.29. The number of ether oxygens (including phenoxy) is 1. The summed E-state index contributed by atoms with van der Waals surface area (Å²) >= 11 is 6.89. The summed E-state index contributed by atoms with van der Waals surface area (Å²) in [6.45, 7) is 6.00. The van der Waals surface area contributed by atoms with Crippen LogP contribution in [0.3, 0.4) is 0 Å². The molecule has 0 aliphatic rings. The van der Waals surface area contributed by atoms with Crippen LogP contribution in [0.2, 0.25) is 0 Å². The molecule has 4 aromatic rings. The van der Waals surface area contributed by atoms with Crippen LogP contribution in [0.5, 0.6) is 5.75 Å². The molecular weight excluding hydrogens is 565 g/mol. The lowest BCUT2D eigenvalue weighted by molar-refractivity contribution is 0.299. The lowest BCUT2D eigenvalue weighted by Gasteiger charge is -2.21. The van der Waals surface area contributed by atoms with Gasteiger partial charge in [-0.05, 0) is 42.5 Å². The van der Waals surface area contributed by atoms with E-state index in [1.54, 1.807) is 36.5 Å². The highest BCUT2D eigenvalue weighted by molar-refractivity contribution is 9.10. The van der Waals surface area contributed by atoms with Gasteiger partial charge < -0.3 is 4.74 Å². The molecule has 0 saturated carbocycles. The van der Waals surface area contributed by atoms with Crippen LogP contribution in [0.15, 0.2) is 79.5 Å². The maximum atomic E-state index is 14.0. The maximum absolute atomic E-state index is 14.0. The zero-order chi connectivity index (χ0) is 24.5. The van der Waals surface area contributed by atoms with Gasteiger partial charge in [0.25, 0.3) is 5.56 Å². The molecule has 0 unspecified atom stereocenters. The largest absolute Gasteiger partial charge is 0.488 e. The fraction of sp³-hybridized carbons (Fsp3) is 0.192. The van der Waals surface area contributed by atoms with Gasteiger partial charge in [-0.2, -0.15) is 9.78 Å². The number of fused-ring (bicyclic) bond motifs is 1. The Morgan fingerprint density at radius 3 is 2.50 bits per heavy atom. The highest BCUT2D eigenvalue weighted by Crippen LogP contribution is 2.25. The van der Waals surface area contributed by atoms with Crippen molar-refractivity contribution in [2.24, 2.45) is 5.10 Å². The second kappa shape index (κ2) is 9.80. The van der Waals surface area contributed by atoms with Gasteiger partial charge in [0.15, 0.2) is 0 Å². The van der Waals surface area contributed by atoms with Crippen molar-refractivity contribution in [2.75, 3.05) is 0 Å². The maximum Gasteiger partial charge on any atom is 0.282 e. The van der Waals surface area contributed by atoms with Crippen molar-refractivity contribution in [1.29, 1.82) is 0 Å². The van der Waals surface area contributed by atoms with Crippen molar-refractivity contribution in [3.05, 3.63) is 103 Å². The molecule has 0 saturated heterocycles. The van der Waals surface area contributed by atoms with E-state index in [4.69, 9.17) is 9.72 Å². The number of nitrogens with zero attached hydrogens (tertiary/aromatic N) is 3. The van der Waals surface area contributed by atoms with E-state index in [1.165, 1.54) is 10.7 Å². The first-order valence-corrected chi connectivity index (χ1v) is 12.1. The van der Waals surface area contributed by atoms with Gasteiger partial charge in [0.05, 0.1) is 17.1 Å². The van der Waals surface area contributed by atoms with E-state index in [0.29, 0.717) is 33.6 Å². The lowest BCUT2D eigenvalue weighted by atomic mass is 9.95. The second-order valence-corrected chi connectivity index (χ2v) is 10.6. The molecule has 0 N–H and O–H groups in total. The van der Waals surface area contributed by atoms with Crippen LogP contribution in [0.25, 0.3) is 10.9 Å². The molecule has 3 aromatic carbocycles. The van der Waals surface area contributed by atoms with E-state index in [9.17, 15) is 9.18 Å². The van der Waals surface area contributed by atoms with Crippen LogP contribution in [-0.4, -0.2) is 15.9 Å². The number of rotatable bonds is 5. The first-order chi connectivity index (χ1) is 16.1. The summed E-state index contributed by atoms with van der Waals surface area (Å²) in [6.07, 6.45) is 1.56. The number of hydrogen-bond acceptors (Lipinski definition) is 4. The highest BCUT2D eigenvalue weighted by Gasteiger charge is 2.23. The Morgan fingerprint density at radius 1 is 1.06 bits per heavy atom. The zero-order valence-corrected chi connectivity index (χ0v) is 22.0. The predicted molar refractivity (Wildman–Crippen MR) is 140 cm³/mol. The van der Waals surface area contributed by atoms with Crippen molar-refractivity contribution < 1.29 is 9.13 Å². The number of aromatic nitrogens is 2. The number of halogens is 3. The van der Waals surface area contributed by atoms with Crippen molar-refractivity contribution in [3.8, 4) is 5.75 Å². The summed E-state index contributed by atoms with van der Waals surface area (Å²) in [4.78, 5) is 18.1. The Bertz CT molecular complexity index is 1460. The minimum absolute atomic E-state index is 0.0634. The van der Waals surface area contributed by atoms with Gasteiger partial charge >= 0.3 is 0 Å². The molecule has 1 aromatic heterocycles. The molecule has 0 bridgehead atoms. The van der Waals surface area contributed by atoms with Gasteiger partial charge in [0, 0.05) is 25.5 Å². The smallest absolute Gasteiger partial charge is 0.282 e. The molecule has 34 heavy (non-hydrogen) atoms. The quantitative estimate of drug-likeness (QED) is 0.241. The van der Waals surface area contributed by atoms with Crippen molar-refractivity contribution >= 4 is 49.0 Å². The van der Waals surface area contributed by atoms with Crippen LogP contribution in [-0.2, 0) is 12.0 Å². The molecule has 5 nitrogen and oxygen atoms in total. The number of hydrogen-bond donors (Lipinski definition) is 0. The Kier molecular flexibility index (Phi) is 7.00. The SMILES string of the molecule is CC(C)(C)c1nc2ccc(Br)cc2c(=O)n1N=Cc1cc(Br)ccc1OCc1ccccc1F. The molecule has 4 rings (SSSR count). The van der Waals surface area contributed by atoms with E-state index < -0.39 is 5.41 Å². The molecule has 8 heteroatoms. The van der Waals surface area contributed by atoms with Gasteiger partial charge in [-0.1, -0.05) is 70.8 Å². The fourth-order valence-electron chi connectivity index (χ4n) is 3.38. The third-order valence-electron chi connectivity index (χ3n) is 5.10.